The smallest absolute Gasteiger partial charge is 0.243 e. The van der Waals surface area contributed by atoms with E-state index >= 15 is 0 Å². The van der Waals surface area contributed by atoms with Crippen LogP contribution in [0.15, 0.2) is 47.4 Å². The quantitative estimate of drug-likeness (QED) is 0.666. The first-order valence-electron chi connectivity index (χ1n) is 10.0. The maximum absolute atomic E-state index is 12.8. The molecule has 0 atom stereocenters. The average Bonchev–Trinajstić information content (AvgIpc) is 2.79. The Morgan fingerprint density at radius 3 is 2.19 bits per heavy atom. The van der Waals surface area contributed by atoms with Crippen molar-refractivity contribution in [3.8, 4) is 17.2 Å². The van der Waals surface area contributed by atoms with E-state index in [1.807, 2.05) is 6.07 Å². The number of ether oxygens (including phenoxy) is 3. The minimum atomic E-state index is -3.56. The third-order valence-corrected chi connectivity index (χ3v) is 7.24. The highest BCUT2D eigenvalue weighted by Crippen LogP contribution is 2.28. The number of hydrogen-bond acceptors (Lipinski definition) is 6. The number of carbonyl (C=O) groups excluding carboxylic acids is 1. The summed E-state index contributed by atoms with van der Waals surface area (Å²) in [6, 6.07) is 11.7. The van der Waals surface area contributed by atoms with Gasteiger partial charge in [0.05, 0.1) is 32.6 Å². The molecule has 1 amide bonds. The number of amides is 1. The van der Waals surface area contributed by atoms with Crippen LogP contribution >= 0.6 is 0 Å². The zero-order chi connectivity index (χ0) is 22.4. The second kappa shape index (κ2) is 10.0. The summed E-state index contributed by atoms with van der Waals surface area (Å²) < 4.78 is 42.7. The van der Waals surface area contributed by atoms with Gasteiger partial charge in [-0.1, -0.05) is 6.07 Å². The molecule has 0 saturated carbocycles. The van der Waals surface area contributed by atoms with Crippen LogP contribution in [0.3, 0.4) is 0 Å². The van der Waals surface area contributed by atoms with Gasteiger partial charge in [0, 0.05) is 19.1 Å². The first kappa shape index (κ1) is 22.9. The van der Waals surface area contributed by atoms with Crippen LogP contribution in [0.2, 0.25) is 0 Å². The van der Waals surface area contributed by atoms with E-state index < -0.39 is 10.0 Å². The van der Waals surface area contributed by atoms with Gasteiger partial charge in [-0.15, -0.1) is 0 Å². The van der Waals surface area contributed by atoms with Gasteiger partial charge in [0.25, 0.3) is 0 Å². The molecule has 9 heteroatoms. The second-order valence-corrected chi connectivity index (χ2v) is 9.23. The van der Waals surface area contributed by atoms with E-state index in [-0.39, 0.29) is 23.3 Å². The van der Waals surface area contributed by atoms with Crippen molar-refractivity contribution >= 4 is 15.9 Å². The molecule has 0 aromatic heterocycles. The molecule has 2 aromatic carbocycles. The molecule has 1 saturated heterocycles. The van der Waals surface area contributed by atoms with E-state index in [4.69, 9.17) is 14.2 Å². The Hall–Kier alpha value is -2.78. The third kappa shape index (κ3) is 5.48. The van der Waals surface area contributed by atoms with Crippen molar-refractivity contribution < 1.29 is 27.4 Å². The largest absolute Gasteiger partial charge is 0.497 e. The van der Waals surface area contributed by atoms with Crippen molar-refractivity contribution in [2.45, 2.75) is 30.2 Å². The molecule has 0 aliphatic carbocycles. The van der Waals surface area contributed by atoms with Crippen molar-refractivity contribution in [3.05, 3.63) is 48.0 Å². The van der Waals surface area contributed by atoms with Crippen molar-refractivity contribution in [1.29, 1.82) is 0 Å². The van der Waals surface area contributed by atoms with Crippen LogP contribution in [0.1, 0.15) is 18.4 Å². The van der Waals surface area contributed by atoms with Crippen molar-refractivity contribution in [3.63, 3.8) is 0 Å². The summed E-state index contributed by atoms with van der Waals surface area (Å²) in [4.78, 5) is 12.7. The fourth-order valence-corrected chi connectivity index (χ4v) is 5.06. The third-order valence-electron chi connectivity index (χ3n) is 5.33. The minimum absolute atomic E-state index is 0.0602. The Labute approximate surface area is 183 Å². The first-order valence-corrected chi connectivity index (χ1v) is 11.5. The van der Waals surface area contributed by atoms with Crippen LogP contribution < -0.4 is 19.5 Å². The first-order chi connectivity index (χ1) is 14.9. The lowest BCUT2D eigenvalue weighted by Crippen LogP contribution is -2.46. The number of carbonyl (C=O) groups is 1. The topological polar surface area (TPSA) is 94.2 Å². The fraction of sp³-hybridized carbons (Fsp3) is 0.409. The maximum atomic E-state index is 12.8. The summed E-state index contributed by atoms with van der Waals surface area (Å²) in [6.07, 6.45) is 1.34. The number of hydrogen-bond donors (Lipinski definition) is 1. The molecule has 0 spiro atoms. The number of nitrogens with zero attached hydrogens (tertiary/aromatic N) is 1. The Balaban J connectivity index is 1.54. The lowest BCUT2D eigenvalue weighted by atomic mass is 10.1. The van der Waals surface area contributed by atoms with Gasteiger partial charge in [0.1, 0.15) is 5.75 Å². The van der Waals surface area contributed by atoms with Gasteiger partial charge in [-0.3, -0.25) is 4.79 Å². The predicted octanol–water partition coefficient (Wildman–Crippen LogP) is 2.22. The summed E-state index contributed by atoms with van der Waals surface area (Å²) in [5.41, 5.74) is 0.815. The van der Waals surface area contributed by atoms with Gasteiger partial charge < -0.3 is 19.5 Å². The predicted molar refractivity (Wildman–Crippen MR) is 116 cm³/mol. The van der Waals surface area contributed by atoms with Crippen LogP contribution in [-0.4, -0.2) is 59.1 Å². The van der Waals surface area contributed by atoms with Gasteiger partial charge in [-0.05, 0) is 54.8 Å². The van der Waals surface area contributed by atoms with E-state index in [9.17, 15) is 13.2 Å². The number of sulfonamides is 1. The molecule has 1 fully saturated rings. The highest BCUT2D eigenvalue weighted by Gasteiger charge is 2.30. The van der Waals surface area contributed by atoms with Gasteiger partial charge >= 0.3 is 0 Å². The second-order valence-electron chi connectivity index (χ2n) is 7.29. The van der Waals surface area contributed by atoms with Gasteiger partial charge in [0.15, 0.2) is 11.5 Å². The Morgan fingerprint density at radius 1 is 0.968 bits per heavy atom. The number of rotatable bonds is 8. The molecule has 1 aliphatic heterocycles. The zero-order valence-electron chi connectivity index (χ0n) is 18.0. The van der Waals surface area contributed by atoms with Crippen molar-refractivity contribution in [2.24, 2.45) is 0 Å². The number of piperidine rings is 1. The fourth-order valence-electron chi connectivity index (χ4n) is 3.59. The summed E-state index contributed by atoms with van der Waals surface area (Å²) in [5, 5.41) is 3.01. The molecular weight excluding hydrogens is 420 g/mol. The molecule has 8 nitrogen and oxygen atoms in total. The van der Waals surface area contributed by atoms with Gasteiger partial charge in [0.2, 0.25) is 15.9 Å². The van der Waals surface area contributed by atoms with E-state index in [1.54, 1.807) is 50.6 Å². The number of benzene rings is 2. The van der Waals surface area contributed by atoms with E-state index in [2.05, 4.69) is 5.32 Å². The Morgan fingerprint density at radius 2 is 1.61 bits per heavy atom. The highest BCUT2D eigenvalue weighted by atomic mass is 32.2. The molecule has 31 heavy (non-hydrogen) atoms. The molecule has 3 rings (SSSR count). The molecule has 1 aliphatic rings. The van der Waals surface area contributed by atoms with Gasteiger partial charge in [-0.25, -0.2) is 8.42 Å². The monoisotopic (exact) mass is 448 g/mol. The normalized spacial score (nSPS) is 15.3. The molecule has 0 unspecified atom stereocenters. The zero-order valence-corrected chi connectivity index (χ0v) is 18.8. The summed E-state index contributed by atoms with van der Waals surface area (Å²) in [6.45, 7) is 0.714. The van der Waals surface area contributed by atoms with Crippen LogP contribution in [0.4, 0.5) is 0 Å². The number of nitrogens with one attached hydrogen (secondary N) is 1. The summed E-state index contributed by atoms with van der Waals surface area (Å²) in [5.74, 6) is 1.68. The van der Waals surface area contributed by atoms with Crippen molar-refractivity contribution in [2.75, 3.05) is 34.4 Å². The summed E-state index contributed by atoms with van der Waals surface area (Å²) >= 11 is 0. The van der Waals surface area contributed by atoms with Crippen LogP contribution in [0.25, 0.3) is 0 Å². The van der Waals surface area contributed by atoms with Crippen LogP contribution in [0, 0.1) is 0 Å². The lowest BCUT2D eigenvalue weighted by molar-refractivity contribution is -0.121. The highest BCUT2D eigenvalue weighted by molar-refractivity contribution is 7.89. The molecule has 0 bridgehead atoms. The SMILES string of the molecule is COc1ccc(S(=O)(=O)N2CCC(NC(=O)Cc3ccc(OC)c(OC)c3)CC2)cc1. The standard InChI is InChI=1S/C22H28N2O6S/c1-28-18-5-7-19(8-6-18)31(26,27)24-12-10-17(11-13-24)23-22(25)15-16-4-9-20(29-2)21(14-16)30-3/h4-9,14,17H,10-13,15H2,1-3H3,(H,23,25). The van der Waals surface area contributed by atoms with Gasteiger partial charge in [-0.2, -0.15) is 4.31 Å². The van der Waals surface area contributed by atoms with E-state index in [0.717, 1.165) is 5.56 Å². The lowest BCUT2D eigenvalue weighted by Gasteiger charge is -2.31. The molecule has 1 N–H and O–H groups in total. The van der Waals surface area contributed by atoms with E-state index in [1.165, 1.54) is 11.4 Å². The molecule has 2 aromatic rings. The number of methoxy groups -OCH3 is 3. The Kier molecular flexibility index (Phi) is 7.40. The molecule has 168 valence electrons. The Bertz CT molecular complexity index is 999. The molecule has 0 radical (unpaired) electrons. The van der Waals surface area contributed by atoms with Crippen molar-refractivity contribution in [1.82, 2.24) is 9.62 Å². The average molecular weight is 449 g/mol. The summed E-state index contributed by atoms with van der Waals surface area (Å²) in [7, 11) is 1.08. The molecule has 1 heterocycles. The van der Waals surface area contributed by atoms with Crippen LogP contribution in [-0.2, 0) is 21.2 Å². The maximum Gasteiger partial charge on any atom is 0.243 e. The minimum Gasteiger partial charge on any atom is -0.497 e. The van der Waals surface area contributed by atoms with E-state index in [0.29, 0.717) is 43.2 Å². The van der Waals surface area contributed by atoms with Crippen LogP contribution in [0.5, 0.6) is 17.2 Å². The molecular formula is C22H28N2O6S.